The second kappa shape index (κ2) is 15.3. The summed E-state index contributed by atoms with van der Waals surface area (Å²) in [5, 5.41) is 3.13. The van der Waals surface area contributed by atoms with E-state index >= 15 is 0 Å². The molecule has 12 heteroatoms. The van der Waals surface area contributed by atoms with Gasteiger partial charge in [0.1, 0.15) is 12.0 Å². The Bertz CT molecular complexity index is 1640. The van der Waals surface area contributed by atoms with Crippen molar-refractivity contribution in [3.63, 3.8) is 0 Å². The molecule has 0 radical (unpaired) electrons. The number of benzene rings is 2. The number of alkyl halides is 1. The van der Waals surface area contributed by atoms with Crippen molar-refractivity contribution in [2.45, 2.75) is 68.5 Å². The van der Waals surface area contributed by atoms with Gasteiger partial charge in [-0.05, 0) is 98.0 Å². The minimum atomic E-state index is -3.40. The van der Waals surface area contributed by atoms with Crippen LogP contribution in [0.3, 0.4) is 0 Å². The van der Waals surface area contributed by atoms with Crippen molar-refractivity contribution < 1.29 is 31.5 Å². The van der Waals surface area contributed by atoms with Crippen LogP contribution in [0, 0.1) is 29.5 Å². The summed E-state index contributed by atoms with van der Waals surface area (Å²) < 4.78 is 58.4. The Labute approximate surface area is 295 Å². The van der Waals surface area contributed by atoms with Gasteiger partial charge < -0.3 is 19.9 Å². The third kappa shape index (κ3) is 8.02. The van der Waals surface area contributed by atoms with E-state index in [2.05, 4.69) is 15.1 Å². The molecule has 1 saturated carbocycles. The van der Waals surface area contributed by atoms with Crippen LogP contribution >= 0.6 is 0 Å². The maximum Gasteiger partial charge on any atom is 0.305 e. The summed E-state index contributed by atoms with van der Waals surface area (Å²) in [7, 11) is -1.98. The molecule has 0 spiro atoms. The molecular formula is C38H52F2N4O5S. The maximum atomic E-state index is 14.9. The van der Waals surface area contributed by atoms with Crippen molar-refractivity contribution in [2.75, 3.05) is 70.6 Å². The zero-order valence-corrected chi connectivity index (χ0v) is 30.4. The Hall–Kier alpha value is -3.09. The number of amides is 1. The number of ether oxygens (including phenoxy) is 1. The van der Waals surface area contributed by atoms with E-state index in [1.807, 2.05) is 23.1 Å². The molecule has 4 fully saturated rings. The topological polar surface area (TPSA) is 99.3 Å². The number of methoxy groups -OCH3 is 1. The Morgan fingerprint density at radius 1 is 1.00 bits per heavy atom. The number of piperidine rings is 1. The molecule has 0 unspecified atom stereocenters. The van der Waals surface area contributed by atoms with E-state index in [4.69, 9.17) is 4.74 Å². The van der Waals surface area contributed by atoms with E-state index in [0.717, 1.165) is 81.6 Å². The molecule has 274 valence electrons. The Balaban J connectivity index is 1.13. The molecule has 3 atom stereocenters. The van der Waals surface area contributed by atoms with Gasteiger partial charge in [-0.2, -0.15) is 0 Å². The summed E-state index contributed by atoms with van der Waals surface area (Å²) in [6.07, 6.45) is 5.31. The van der Waals surface area contributed by atoms with Crippen LogP contribution in [0.1, 0.15) is 56.6 Å². The van der Waals surface area contributed by atoms with Crippen molar-refractivity contribution in [1.29, 1.82) is 0 Å². The molecule has 3 heterocycles. The third-order valence-electron chi connectivity index (χ3n) is 11.9. The first-order valence-electron chi connectivity index (χ1n) is 18.1. The lowest BCUT2D eigenvalue weighted by Crippen LogP contribution is -2.56. The molecule has 0 bridgehead atoms. The lowest BCUT2D eigenvalue weighted by Gasteiger charge is -2.51. The van der Waals surface area contributed by atoms with Crippen LogP contribution < -0.4 is 10.2 Å². The van der Waals surface area contributed by atoms with Gasteiger partial charge in [-0.1, -0.05) is 18.6 Å². The minimum absolute atomic E-state index is 0.0944. The monoisotopic (exact) mass is 714 g/mol. The third-order valence-corrected chi connectivity index (χ3v) is 13.1. The van der Waals surface area contributed by atoms with Gasteiger partial charge in [0.05, 0.1) is 12.0 Å². The van der Waals surface area contributed by atoms with E-state index in [0.29, 0.717) is 43.4 Å². The number of likely N-dealkylation sites (tertiary alicyclic amines) is 2. The molecule has 1 aliphatic carbocycles. The van der Waals surface area contributed by atoms with E-state index < -0.39 is 21.4 Å². The summed E-state index contributed by atoms with van der Waals surface area (Å²) in [6, 6.07) is 12.4. The maximum absolute atomic E-state index is 14.9. The summed E-state index contributed by atoms with van der Waals surface area (Å²) in [5.41, 5.74) is 2.11. The number of rotatable bonds is 13. The zero-order valence-electron chi connectivity index (χ0n) is 29.6. The van der Waals surface area contributed by atoms with Crippen LogP contribution in [0.15, 0.2) is 47.4 Å². The smallest absolute Gasteiger partial charge is 0.305 e. The standard InChI is InChI=1S/C38H52F2N4O5S/c1-26(45)41-25-38(31-7-5-8-32(39)18-31,35-9-4-6-28(35)17-37(46)49-2)30-12-14-42(15-13-30)19-27-20-44(21-27)34-10-11-36(50(3,47)48)29(16-34)22-43-23-33(40)24-43/h5,7-8,10-11,16,18,27-28,30,33,35H,4,6,9,12-15,17,19-25H2,1-3H3,(H,41,45)/t28-,35+,38+/m1/s1. The van der Waals surface area contributed by atoms with Crippen LogP contribution in [0.25, 0.3) is 0 Å². The van der Waals surface area contributed by atoms with Gasteiger partial charge in [-0.25, -0.2) is 17.2 Å². The zero-order chi connectivity index (χ0) is 35.6. The van der Waals surface area contributed by atoms with Crippen molar-refractivity contribution in [2.24, 2.45) is 23.7 Å². The van der Waals surface area contributed by atoms with Crippen molar-refractivity contribution in [1.82, 2.24) is 15.1 Å². The molecule has 2 aromatic rings. The first kappa shape index (κ1) is 36.7. The lowest BCUT2D eigenvalue weighted by molar-refractivity contribution is -0.142. The number of esters is 1. The molecule has 3 saturated heterocycles. The number of carbonyl (C=O) groups excluding carboxylic acids is 2. The van der Waals surface area contributed by atoms with Crippen LogP contribution in [0.4, 0.5) is 14.5 Å². The summed E-state index contributed by atoms with van der Waals surface area (Å²) >= 11 is 0. The molecule has 1 N–H and O–H groups in total. The fourth-order valence-electron chi connectivity index (χ4n) is 9.45. The van der Waals surface area contributed by atoms with E-state index in [9.17, 15) is 26.8 Å². The SMILES string of the molecule is COC(=O)C[C@H]1CCC[C@@H]1[C@](CNC(C)=O)(c1cccc(F)c1)C1CCN(CC2CN(c3ccc(S(C)(=O)=O)c(CN4CC(F)C4)c3)C2)CC1. The highest BCUT2D eigenvalue weighted by Crippen LogP contribution is 2.53. The average Bonchev–Trinajstić information content (AvgIpc) is 3.50. The minimum Gasteiger partial charge on any atom is -0.469 e. The Morgan fingerprint density at radius 2 is 1.74 bits per heavy atom. The van der Waals surface area contributed by atoms with Crippen LogP contribution in [0.2, 0.25) is 0 Å². The molecular weight excluding hydrogens is 663 g/mol. The second-order valence-electron chi connectivity index (χ2n) is 15.2. The Kier molecular flexibility index (Phi) is 11.2. The number of nitrogens with one attached hydrogen (secondary N) is 1. The largest absolute Gasteiger partial charge is 0.469 e. The number of hydrogen-bond acceptors (Lipinski definition) is 8. The summed E-state index contributed by atoms with van der Waals surface area (Å²) in [5.74, 6) is 0.219. The molecule has 50 heavy (non-hydrogen) atoms. The molecule has 9 nitrogen and oxygen atoms in total. The molecule has 6 rings (SSSR count). The molecule has 4 aliphatic rings. The predicted octanol–water partition coefficient (Wildman–Crippen LogP) is 4.58. The molecule has 0 aromatic heterocycles. The quantitative estimate of drug-likeness (QED) is 0.301. The van der Waals surface area contributed by atoms with E-state index in [-0.39, 0.29) is 35.4 Å². The highest BCUT2D eigenvalue weighted by atomic mass is 32.2. The molecule has 1 amide bonds. The predicted molar refractivity (Wildman–Crippen MR) is 189 cm³/mol. The van der Waals surface area contributed by atoms with Crippen LogP contribution in [0.5, 0.6) is 0 Å². The Morgan fingerprint density at radius 3 is 2.38 bits per heavy atom. The van der Waals surface area contributed by atoms with Gasteiger partial charge >= 0.3 is 5.97 Å². The van der Waals surface area contributed by atoms with Crippen LogP contribution in [-0.4, -0.2) is 102 Å². The summed E-state index contributed by atoms with van der Waals surface area (Å²) in [4.78, 5) is 31.9. The van der Waals surface area contributed by atoms with Gasteiger partial charge in [-0.3, -0.25) is 14.5 Å². The van der Waals surface area contributed by atoms with Gasteiger partial charge in [-0.15, -0.1) is 0 Å². The molecule has 2 aromatic carbocycles. The van der Waals surface area contributed by atoms with E-state index in [1.165, 1.54) is 26.4 Å². The second-order valence-corrected chi connectivity index (χ2v) is 17.2. The number of hydrogen-bond donors (Lipinski definition) is 1. The van der Waals surface area contributed by atoms with Gasteiger partial charge in [0.25, 0.3) is 0 Å². The summed E-state index contributed by atoms with van der Waals surface area (Å²) in [6.45, 7) is 7.52. The van der Waals surface area contributed by atoms with Crippen molar-refractivity contribution >= 4 is 27.4 Å². The van der Waals surface area contributed by atoms with Crippen molar-refractivity contribution in [3.8, 4) is 0 Å². The number of carbonyl (C=O) groups is 2. The fourth-order valence-corrected chi connectivity index (χ4v) is 10.4. The number of sulfone groups is 1. The van der Waals surface area contributed by atoms with Gasteiger partial charge in [0, 0.05) is 82.4 Å². The highest BCUT2D eigenvalue weighted by molar-refractivity contribution is 7.90. The molecule has 3 aliphatic heterocycles. The van der Waals surface area contributed by atoms with Crippen LogP contribution in [-0.2, 0) is 36.1 Å². The number of nitrogens with zero attached hydrogens (tertiary/aromatic N) is 3. The average molecular weight is 715 g/mol. The van der Waals surface area contributed by atoms with Gasteiger partial charge in [0.15, 0.2) is 9.84 Å². The first-order valence-corrected chi connectivity index (χ1v) is 20.0. The number of anilines is 1. The van der Waals surface area contributed by atoms with Crippen molar-refractivity contribution in [3.05, 3.63) is 59.4 Å². The van der Waals surface area contributed by atoms with Gasteiger partial charge in [0.2, 0.25) is 5.91 Å². The lowest BCUT2D eigenvalue weighted by atomic mass is 9.57. The fraction of sp³-hybridized carbons (Fsp3) is 0.632. The first-order chi connectivity index (χ1) is 23.8. The van der Waals surface area contributed by atoms with E-state index in [1.54, 1.807) is 18.2 Å². The highest BCUT2D eigenvalue weighted by Gasteiger charge is 2.52. The number of halogens is 2. The normalized spacial score (nSPS) is 24.0.